The van der Waals surface area contributed by atoms with Crippen LogP contribution in [0.1, 0.15) is 192 Å². The molecule has 5 heteroatoms. The van der Waals surface area contributed by atoms with Crippen molar-refractivity contribution in [1.82, 2.24) is 4.98 Å². The summed E-state index contributed by atoms with van der Waals surface area (Å²) in [6, 6.07) is 26.2. The topological polar surface area (TPSA) is 68.2 Å². The average Bonchev–Trinajstić information content (AvgIpc) is 3.21. The van der Waals surface area contributed by atoms with Gasteiger partial charge < -0.3 is 29.8 Å². The predicted molar refractivity (Wildman–Crippen MR) is 289 cm³/mol. The van der Waals surface area contributed by atoms with Crippen molar-refractivity contribution in [1.29, 1.82) is 0 Å². The minimum Gasteiger partial charge on any atom is -0.872 e. The van der Waals surface area contributed by atoms with Crippen LogP contribution in [-0.4, -0.2) is 12.1 Å². The monoisotopic (exact) mass is 1120 g/mol. The molecular formula is C66H83HfNO3. The molecule has 0 spiro atoms. The molecule has 0 N–H and O–H groups in total. The maximum atomic E-state index is 15.5. The number of rotatable bonds is 9. The van der Waals surface area contributed by atoms with Gasteiger partial charge in [-0.2, -0.15) is 0 Å². The second-order valence-corrected chi connectivity index (χ2v) is 27.6. The largest absolute Gasteiger partial charge is 4.00 e. The second-order valence-electron chi connectivity index (χ2n) is 27.6. The van der Waals surface area contributed by atoms with E-state index in [-0.39, 0.29) is 107 Å². The van der Waals surface area contributed by atoms with E-state index >= 15 is 10.2 Å². The third kappa shape index (κ3) is 8.82. The first kappa shape index (κ1) is 53.6. The standard InChI is InChI=1S/C64H79NO3.2CH3.Hf/c1-38(2)42-14-16-45(49-18-40(5)20-51(55(49)66)63-32-57(7)26-58(8,33-63)28-59(9,27-57)34-63)47(22-42)53-24-44(68-13)25-54(65-53)48-23-43(39(3)4)15-17-46(48)50-19-41(6)21-52(56(50)67)64-35-60(10)29-61(11,36-64)31-62(12,30-60)37-64;;;/h14-25,38-39,66-67H,26-37H2,1-13H3;2*1H3;/q;2*-1;+4/p-2. The molecular weight excluding hydrogens is 1030 g/mol. The van der Waals surface area contributed by atoms with Crippen molar-refractivity contribution in [3.8, 4) is 62.0 Å². The van der Waals surface area contributed by atoms with Gasteiger partial charge in [0.15, 0.2) is 0 Å². The maximum Gasteiger partial charge on any atom is 4.00 e. The van der Waals surface area contributed by atoms with E-state index in [9.17, 15) is 0 Å². The van der Waals surface area contributed by atoms with Crippen molar-refractivity contribution in [2.45, 2.75) is 183 Å². The van der Waals surface area contributed by atoms with Crippen LogP contribution in [-0.2, 0) is 36.7 Å². The number of pyridine rings is 1. The summed E-state index contributed by atoms with van der Waals surface area (Å²) in [7, 11) is 1.73. The van der Waals surface area contributed by atoms with E-state index in [2.05, 4.69) is 144 Å². The third-order valence-corrected chi connectivity index (χ3v) is 18.9. The molecule has 0 unspecified atom stereocenters. The van der Waals surface area contributed by atoms with Gasteiger partial charge in [-0.05, 0) is 203 Å². The van der Waals surface area contributed by atoms with Crippen molar-refractivity contribution in [2.24, 2.45) is 32.5 Å². The van der Waals surface area contributed by atoms with E-state index in [1.54, 1.807) is 7.11 Å². The molecule has 8 aliphatic rings. The Kier molecular flexibility index (Phi) is 13.2. The third-order valence-electron chi connectivity index (χ3n) is 18.9. The molecule has 0 aliphatic heterocycles. The van der Waals surface area contributed by atoms with Gasteiger partial charge in [0.1, 0.15) is 5.75 Å². The fourth-order valence-corrected chi connectivity index (χ4v) is 19.5. The van der Waals surface area contributed by atoms with Crippen LogP contribution in [0.3, 0.4) is 0 Å². The van der Waals surface area contributed by atoms with Crippen LogP contribution < -0.4 is 14.9 Å². The summed E-state index contributed by atoms with van der Waals surface area (Å²) < 4.78 is 6.18. The molecule has 0 amide bonds. The van der Waals surface area contributed by atoms with Crippen molar-refractivity contribution in [2.75, 3.05) is 7.11 Å². The molecule has 374 valence electrons. The minimum absolute atomic E-state index is 0. The van der Waals surface area contributed by atoms with Gasteiger partial charge in [0, 0.05) is 23.3 Å². The Morgan fingerprint density at radius 2 is 0.746 bits per heavy atom. The van der Waals surface area contributed by atoms with E-state index in [1.807, 2.05) is 12.1 Å². The molecule has 71 heavy (non-hydrogen) atoms. The number of aromatic nitrogens is 1. The fourth-order valence-electron chi connectivity index (χ4n) is 19.5. The summed E-state index contributed by atoms with van der Waals surface area (Å²) >= 11 is 0. The van der Waals surface area contributed by atoms with Crippen LogP contribution in [0.15, 0.2) is 72.8 Å². The van der Waals surface area contributed by atoms with E-state index in [1.165, 1.54) is 49.7 Å². The molecule has 4 aromatic carbocycles. The zero-order chi connectivity index (χ0) is 48.4. The zero-order valence-corrected chi connectivity index (χ0v) is 49.8. The Bertz CT molecular complexity index is 2620. The maximum absolute atomic E-state index is 15.5. The van der Waals surface area contributed by atoms with E-state index < -0.39 is 0 Å². The minimum atomic E-state index is -0.123. The van der Waals surface area contributed by atoms with Crippen molar-refractivity contribution in [3.63, 3.8) is 0 Å². The number of hydrogen-bond acceptors (Lipinski definition) is 4. The quantitative estimate of drug-likeness (QED) is 0.109. The molecule has 0 atom stereocenters. The van der Waals surface area contributed by atoms with Crippen molar-refractivity contribution in [3.05, 3.63) is 121 Å². The summed E-state index contributed by atoms with van der Waals surface area (Å²) in [6.45, 7) is 28.3. The first-order valence-corrected chi connectivity index (χ1v) is 26.3. The van der Waals surface area contributed by atoms with Gasteiger partial charge in [0.25, 0.3) is 0 Å². The molecule has 8 aliphatic carbocycles. The summed E-state index contributed by atoms with van der Waals surface area (Å²) in [5.74, 6) is 1.58. The molecule has 0 radical (unpaired) electrons. The van der Waals surface area contributed by atoms with Crippen LogP contribution in [0.25, 0.3) is 44.8 Å². The van der Waals surface area contributed by atoms with E-state index in [0.717, 1.165) is 106 Å². The van der Waals surface area contributed by atoms with Crippen LogP contribution >= 0.6 is 0 Å². The van der Waals surface area contributed by atoms with Gasteiger partial charge in [-0.15, -0.1) is 0 Å². The SMILES string of the molecule is COc1cc(-c2cc(C(C)C)ccc2-c2cc(C)cc(C34CC5(C)CC(C)(CC(C)(C5)C3)C4)c2[O-])nc(-c2cc(C(C)C)ccc2-c2cc(C)cc(C34CC5(C)CC(C)(CC(C)(C5)C3)C4)c2[O-])c1.[CH3-].[CH3-].[Hf+4]. The zero-order valence-electron chi connectivity index (χ0n) is 46.2. The Morgan fingerprint density at radius 1 is 0.437 bits per heavy atom. The van der Waals surface area contributed by atoms with Gasteiger partial charge in [0.2, 0.25) is 0 Å². The molecule has 4 nitrogen and oxygen atoms in total. The number of benzene rings is 4. The Morgan fingerprint density at radius 3 is 1.03 bits per heavy atom. The first-order valence-electron chi connectivity index (χ1n) is 26.3. The summed E-state index contributed by atoms with van der Waals surface area (Å²) in [5.41, 5.74) is 14.7. The smallest absolute Gasteiger partial charge is 0.872 e. The molecule has 1 heterocycles. The predicted octanol–water partition coefficient (Wildman–Crippen LogP) is 16.9. The Hall–Kier alpha value is -3.70. The van der Waals surface area contributed by atoms with Crippen LogP contribution in [0.4, 0.5) is 0 Å². The summed E-state index contributed by atoms with van der Waals surface area (Å²) in [6.07, 6.45) is 14.1. The Labute approximate surface area is 448 Å². The van der Waals surface area contributed by atoms with Crippen molar-refractivity contribution < 1.29 is 40.8 Å². The summed E-state index contributed by atoms with van der Waals surface area (Å²) in [5, 5.41) is 31.1. The van der Waals surface area contributed by atoms with Gasteiger partial charge in [-0.3, -0.25) is 0 Å². The summed E-state index contributed by atoms with van der Waals surface area (Å²) in [4.78, 5) is 5.62. The molecule has 5 aromatic rings. The average molecular weight is 1120 g/mol. The van der Waals surface area contributed by atoms with Crippen LogP contribution in [0.2, 0.25) is 0 Å². The van der Waals surface area contributed by atoms with E-state index in [4.69, 9.17) is 9.72 Å². The van der Waals surface area contributed by atoms with Gasteiger partial charge in [-0.1, -0.05) is 140 Å². The first-order chi connectivity index (χ1) is 31.8. The molecule has 8 fully saturated rings. The Balaban J connectivity index is 0.00000225. The molecule has 8 bridgehead atoms. The number of methoxy groups -OCH3 is 1. The number of ether oxygens (including phenoxy) is 1. The van der Waals surface area contributed by atoms with Gasteiger partial charge in [0.05, 0.1) is 18.5 Å². The number of aryl methyl sites for hydroxylation is 2. The molecule has 1 aromatic heterocycles. The second kappa shape index (κ2) is 17.4. The molecule has 8 saturated carbocycles. The number of hydrogen-bond donors (Lipinski definition) is 0. The van der Waals surface area contributed by atoms with E-state index in [0.29, 0.717) is 5.75 Å². The fraction of sp³-hybridized carbons (Fsp3) is 0.530. The normalized spacial score (nSPS) is 32.9. The van der Waals surface area contributed by atoms with Gasteiger partial charge >= 0.3 is 25.8 Å². The van der Waals surface area contributed by atoms with Crippen LogP contribution in [0.5, 0.6) is 17.2 Å². The van der Waals surface area contributed by atoms with Crippen LogP contribution in [0, 0.1) is 61.2 Å². The number of nitrogens with zero attached hydrogens (tertiary/aromatic N) is 1. The van der Waals surface area contributed by atoms with Gasteiger partial charge in [-0.25, -0.2) is 4.98 Å². The molecule has 13 rings (SSSR count). The molecule has 0 saturated heterocycles. The van der Waals surface area contributed by atoms with Crippen molar-refractivity contribution >= 4 is 0 Å².